The van der Waals surface area contributed by atoms with Gasteiger partial charge in [0.2, 0.25) is 11.8 Å². The third kappa shape index (κ3) is 5.82. The molecule has 0 atom stereocenters. The van der Waals surface area contributed by atoms with Gasteiger partial charge in [0.05, 0.1) is 6.61 Å². The summed E-state index contributed by atoms with van der Waals surface area (Å²) in [7, 11) is 0. The monoisotopic (exact) mass is 252 g/mol. The Morgan fingerprint density at radius 2 is 2.06 bits per heavy atom. The highest BCUT2D eigenvalue weighted by molar-refractivity contribution is 5.30. The van der Waals surface area contributed by atoms with E-state index in [0.29, 0.717) is 24.5 Å². The van der Waals surface area contributed by atoms with E-state index in [4.69, 9.17) is 4.74 Å². The van der Waals surface area contributed by atoms with Crippen LogP contribution in [0.15, 0.2) is 6.07 Å². The molecule has 0 aliphatic carbocycles. The Hall–Kier alpha value is -1.36. The largest absolute Gasteiger partial charge is 0.478 e. The first-order chi connectivity index (χ1) is 8.61. The van der Waals surface area contributed by atoms with E-state index < -0.39 is 0 Å². The van der Waals surface area contributed by atoms with Crippen LogP contribution in [0.25, 0.3) is 0 Å². The minimum Gasteiger partial charge on any atom is -0.478 e. The zero-order chi connectivity index (χ0) is 13.4. The fraction of sp³-hybridized carbons (Fsp3) is 0.692. The second-order valence-electron chi connectivity index (χ2n) is 4.56. The molecule has 1 aromatic heterocycles. The van der Waals surface area contributed by atoms with Crippen molar-refractivity contribution in [1.29, 1.82) is 0 Å². The first-order valence-electron chi connectivity index (χ1n) is 6.57. The van der Waals surface area contributed by atoms with E-state index in [1.54, 1.807) is 0 Å². The molecule has 102 valence electrons. The molecule has 1 heterocycles. The van der Waals surface area contributed by atoms with Crippen molar-refractivity contribution >= 4 is 5.95 Å². The van der Waals surface area contributed by atoms with Crippen LogP contribution in [-0.4, -0.2) is 35.7 Å². The SMILES string of the molecule is CCCOc1cc(C)nc(NCCNC(C)C)n1. The van der Waals surface area contributed by atoms with Gasteiger partial charge in [-0.2, -0.15) is 4.98 Å². The van der Waals surface area contributed by atoms with Crippen LogP contribution in [0.4, 0.5) is 5.95 Å². The number of nitrogens with one attached hydrogen (secondary N) is 2. The van der Waals surface area contributed by atoms with Crippen molar-refractivity contribution in [2.75, 3.05) is 25.0 Å². The first-order valence-corrected chi connectivity index (χ1v) is 6.57. The van der Waals surface area contributed by atoms with E-state index in [1.807, 2.05) is 13.0 Å². The number of aromatic nitrogens is 2. The summed E-state index contributed by atoms with van der Waals surface area (Å²) in [4.78, 5) is 8.64. The molecule has 0 bridgehead atoms. The summed E-state index contributed by atoms with van der Waals surface area (Å²) in [5.41, 5.74) is 0.912. The van der Waals surface area contributed by atoms with E-state index in [9.17, 15) is 0 Å². The predicted molar refractivity (Wildman–Crippen MR) is 74.2 cm³/mol. The van der Waals surface area contributed by atoms with Crippen molar-refractivity contribution in [2.24, 2.45) is 0 Å². The highest BCUT2D eigenvalue weighted by Crippen LogP contribution is 2.11. The number of aryl methyl sites for hydroxylation is 1. The molecule has 5 nitrogen and oxygen atoms in total. The van der Waals surface area contributed by atoms with Crippen LogP contribution in [0, 0.1) is 6.92 Å². The molecule has 0 spiro atoms. The fourth-order valence-corrected chi connectivity index (χ4v) is 1.43. The molecule has 1 aromatic rings. The van der Waals surface area contributed by atoms with Gasteiger partial charge in [0.25, 0.3) is 0 Å². The van der Waals surface area contributed by atoms with Crippen molar-refractivity contribution in [1.82, 2.24) is 15.3 Å². The normalized spacial score (nSPS) is 10.7. The van der Waals surface area contributed by atoms with Gasteiger partial charge in [0.15, 0.2) is 0 Å². The summed E-state index contributed by atoms with van der Waals surface area (Å²) in [6, 6.07) is 2.35. The zero-order valence-corrected chi connectivity index (χ0v) is 11.8. The number of rotatable bonds is 8. The predicted octanol–water partition coefficient (Wildman–Crippen LogP) is 1.98. The molecule has 0 radical (unpaired) electrons. The Morgan fingerprint density at radius 3 is 2.72 bits per heavy atom. The lowest BCUT2D eigenvalue weighted by molar-refractivity contribution is 0.305. The molecule has 0 aromatic carbocycles. The van der Waals surface area contributed by atoms with E-state index in [-0.39, 0.29) is 0 Å². The molecule has 0 amide bonds. The van der Waals surface area contributed by atoms with Crippen LogP contribution < -0.4 is 15.4 Å². The summed E-state index contributed by atoms with van der Waals surface area (Å²) in [5.74, 6) is 1.27. The van der Waals surface area contributed by atoms with Crippen LogP contribution in [0.1, 0.15) is 32.9 Å². The molecule has 0 aliphatic rings. The van der Waals surface area contributed by atoms with Crippen LogP contribution >= 0.6 is 0 Å². The number of hydrogen-bond donors (Lipinski definition) is 2. The summed E-state index contributed by atoms with van der Waals surface area (Å²) in [6.45, 7) is 10.6. The minimum absolute atomic E-state index is 0.494. The fourth-order valence-electron chi connectivity index (χ4n) is 1.43. The summed E-state index contributed by atoms with van der Waals surface area (Å²) >= 11 is 0. The van der Waals surface area contributed by atoms with Gasteiger partial charge in [-0.25, -0.2) is 4.98 Å². The van der Waals surface area contributed by atoms with Gasteiger partial charge in [-0.05, 0) is 13.3 Å². The molecule has 0 unspecified atom stereocenters. The second-order valence-corrected chi connectivity index (χ2v) is 4.56. The average molecular weight is 252 g/mol. The van der Waals surface area contributed by atoms with E-state index in [2.05, 4.69) is 41.4 Å². The smallest absolute Gasteiger partial charge is 0.226 e. The molecular weight excluding hydrogens is 228 g/mol. The van der Waals surface area contributed by atoms with E-state index in [1.165, 1.54) is 0 Å². The molecule has 0 saturated heterocycles. The third-order valence-corrected chi connectivity index (χ3v) is 2.25. The van der Waals surface area contributed by atoms with Gasteiger partial charge in [-0.1, -0.05) is 20.8 Å². The van der Waals surface area contributed by atoms with Gasteiger partial charge in [0.1, 0.15) is 0 Å². The van der Waals surface area contributed by atoms with Gasteiger partial charge in [0, 0.05) is 30.9 Å². The summed E-state index contributed by atoms with van der Waals surface area (Å²) in [5, 5.41) is 6.52. The van der Waals surface area contributed by atoms with Gasteiger partial charge in [-0.15, -0.1) is 0 Å². The number of nitrogens with zero attached hydrogens (tertiary/aromatic N) is 2. The molecule has 18 heavy (non-hydrogen) atoms. The van der Waals surface area contributed by atoms with Crippen LogP contribution in [-0.2, 0) is 0 Å². The zero-order valence-electron chi connectivity index (χ0n) is 11.8. The van der Waals surface area contributed by atoms with Crippen molar-refractivity contribution in [2.45, 2.75) is 40.2 Å². The molecular formula is C13H24N4O. The average Bonchev–Trinajstić information content (AvgIpc) is 2.31. The highest BCUT2D eigenvalue weighted by atomic mass is 16.5. The van der Waals surface area contributed by atoms with Crippen molar-refractivity contribution in [3.63, 3.8) is 0 Å². The molecule has 5 heteroatoms. The topological polar surface area (TPSA) is 59.1 Å². The molecule has 2 N–H and O–H groups in total. The molecule has 0 saturated carbocycles. The second kappa shape index (κ2) is 7.87. The van der Waals surface area contributed by atoms with Gasteiger partial charge >= 0.3 is 0 Å². The van der Waals surface area contributed by atoms with Crippen molar-refractivity contribution in [3.05, 3.63) is 11.8 Å². The van der Waals surface area contributed by atoms with E-state index in [0.717, 1.165) is 25.2 Å². The van der Waals surface area contributed by atoms with Gasteiger partial charge < -0.3 is 15.4 Å². The maximum Gasteiger partial charge on any atom is 0.226 e. The number of anilines is 1. The standard InChI is InChI=1S/C13H24N4O/c1-5-8-18-12-9-11(4)16-13(17-12)15-7-6-14-10(2)3/h9-10,14H,5-8H2,1-4H3,(H,15,16,17). The maximum atomic E-state index is 5.51. The maximum absolute atomic E-state index is 5.51. The van der Waals surface area contributed by atoms with Crippen LogP contribution in [0.3, 0.4) is 0 Å². The first kappa shape index (κ1) is 14.7. The Balaban J connectivity index is 2.46. The number of hydrogen-bond acceptors (Lipinski definition) is 5. The molecule has 1 rings (SSSR count). The van der Waals surface area contributed by atoms with Crippen molar-refractivity contribution < 1.29 is 4.74 Å². The quantitative estimate of drug-likeness (QED) is 0.693. The van der Waals surface area contributed by atoms with Crippen LogP contribution in [0.5, 0.6) is 5.88 Å². The Labute approximate surface area is 109 Å². The minimum atomic E-state index is 0.494. The third-order valence-electron chi connectivity index (χ3n) is 2.25. The van der Waals surface area contributed by atoms with Crippen LogP contribution in [0.2, 0.25) is 0 Å². The molecule has 0 fully saturated rings. The summed E-state index contributed by atoms with van der Waals surface area (Å²) < 4.78 is 5.51. The van der Waals surface area contributed by atoms with E-state index >= 15 is 0 Å². The Morgan fingerprint density at radius 1 is 1.28 bits per heavy atom. The number of ether oxygens (including phenoxy) is 1. The van der Waals surface area contributed by atoms with Crippen molar-refractivity contribution in [3.8, 4) is 5.88 Å². The summed E-state index contributed by atoms with van der Waals surface area (Å²) in [6.07, 6.45) is 0.976. The lowest BCUT2D eigenvalue weighted by Crippen LogP contribution is -2.28. The Bertz CT molecular complexity index is 355. The lowest BCUT2D eigenvalue weighted by Gasteiger charge is -2.10. The molecule has 0 aliphatic heterocycles. The van der Waals surface area contributed by atoms with Gasteiger partial charge in [-0.3, -0.25) is 0 Å². The highest BCUT2D eigenvalue weighted by Gasteiger charge is 2.02. The Kier molecular flexibility index (Phi) is 6.43. The lowest BCUT2D eigenvalue weighted by atomic mass is 10.4.